The SMILES string of the molecule is Brc1ccc([C@@H](c2cccs2)N2CCNCC2)nc1.Cl.Cl. The van der Waals surface area contributed by atoms with Crippen LogP contribution in [0.2, 0.25) is 0 Å². The van der Waals surface area contributed by atoms with Gasteiger partial charge in [-0.05, 0) is 39.5 Å². The molecule has 0 aliphatic carbocycles. The lowest BCUT2D eigenvalue weighted by atomic mass is 10.1. The van der Waals surface area contributed by atoms with Crippen molar-refractivity contribution in [2.45, 2.75) is 6.04 Å². The van der Waals surface area contributed by atoms with Crippen LogP contribution < -0.4 is 5.32 Å². The van der Waals surface area contributed by atoms with Gasteiger partial charge in [-0.2, -0.15) is 0 Å². The van der Waals surface area contributed by atoms with Gasteiger partial charge in [0.15, 0.2) is 0 Å². The molecule has 2 aromatic heterocycles. The second-order valence-corrected chi connectivity index (χ2v) is 6.50. The third-order valence-corrected chi connectivity index (χ3v) is 4.75. The number of nitrogens with zero attached hydrogens (tertiary/aromatic N) is 2. The summed E-state index contributed by atoms with van der Waals surface area (Å²) in [4.78, 5) is 8.49. The van der Waals surface area contributed by atoms with E-state index < -0.39 is 0 Å². The fraction of sp³-hybridized carbons (Fsp3) is 0.357. The number of halogens is 3. The van der Waals surface area contributed by atoms with Crippen molar-refractivity contribution in [1.82, 2.24) is 15.2 Å². The van der Waals surface area contributed by atoms with Gasteiger partial charge in [-0.15, -0.1) is 36.2 Å². The van der Waals surface area contributed by atoms with Crippen LogP contribution in [-0.2, 0) is 0 Å². The summed E-state index contributed by atoms with van der Waals surface area (Å²) in [5.41, 5.74) is 1.13. The summed E-state index contributed by atoms with van der Waals surface area (Å²) in [6, 6.07) is 8.81. The molecule has 3 nitrogen and oxygen atoms in total. The monoisotopic (exact) mass is 409 g/mol. The minimum absolute atomic E-state index is 0. The quantitative estimate of drug-likeness (QED) is 0.835. The summed E-state index contributed by atoms with van der Waals surface area (Å²) in [7, 11) is 0. The van der Waals surface area contributed by atoms with Crippen molar-refractivity contribution in [2.24, 2.45) is 0 Å². The van der Waals surface area contributed by atoms with Crippen LogP contribution in [-0.4, -0.2) is 36.1 Å². The van der Waals surface area contributed by atoms with Crippen LogP contribution in [0.4, 0.5) is 0 Å². The van der Waals surface area contributed by atoms with Crippen molar-refractivity contribution in [3.05, 3.63) is 50.9 Å². The number of hydrogen-bond donors (Lipinski definition) is 1. The third kappa shape index (κ3) is 4.65. The maximum Gasteiger partial charge on any atom is 0.0870 e. The minimum atomic E-state index is 0. The van der Waals surface area contributed by atoms with Gasteiger partial charge >= 0.3 is 0 Å². The van der Waals surface area contributed by atoms with Crippen LogP contribution in [0.1, 0.15) is 16.6 Å². The molecule has 0 radical (unpaired) electrons. The van der Waals surface area contributed by atoms with E-state index in [-0.39, 0.29) is 30.9 Å². The predicted octanol–water partition coefficient (Wildman–Crippen LogP) is 3.74. The van der Waals surface area contributed by atoms with Crippen molar-refractivity contribution in [2.75, 3.05) is 26.2 Å². The van der Waals surface area contributed by atoms with Gasteiger partial charge in [0.25, 0.3) is 0 Å². The highest BCUT2D eigenvalue weighted by atomic mass is 79.9. The van der Waals surface area contributed by atoms with Gasteiger partial charge in [-0.25, -0.2) is 0 Å². The average molecular weight is 411 g/mol. The van der Waals surface area contributed by atoms with E-state index in [0.29, 0.717) is 0 Å². The Hall–Kier alpha value is -0.170. The normalized spacial score (nSPS) is 16.6. The first-order chi connectivity index (χ1) is 9.34. The molecule has 0 aromatic carbocycles. The zero-order chi connectivity index (χ0) is 13.1. The smallest absolute Gasteiger partial charge is 0.0870 e. The van der Waals surface area contributed by atoms with Crippen LogP contribution in [0.25, 0.3) is 0 Å². The van der Waals surface area contributed by atoms with E-state index in [1.54, 1.807) is 0 Å². The minimum Gasteiger partial charge on any atom is -0.314 e. The number of aromatic nitrogens is 1. The number of piperazine rings is 1. The molecule has 0 bridgehead atoms. The van der Waals surface area contributed by atoms with E-state index in [1.807, 2.05) is 17.5 Å². The summed E-state index contributed by atoms with van der Waals surface area (Å²) in [5.74, 6) is 0. The van der Waals surface area contributed by atoms with Crippen LogP contribution in [0, 0.1) is 0 Å². The highest BCUT2D eigenvalue weighted by Crippen LogP contribution is 2.31. The summed E-state index contributed by atoms with van der Waals surface area (Å²) in [6.45, 7) is 4.25. The van der Waals surface area contributed by atoms with Gasteiger partial charge < -0.3 is 5.32 Å². The van der Waals surface area contributed by atoms with E-state index in [2.05, 4.69) is 60.8 Å². The van der Waals surface area contributed by atoms with Gasteiger partial charge in [0.2, 0.25) is 0 Å². The summed E-state index contributed by atoms with van der Waals surface area (Å²) in [6.07, 6.45) is 1.89. The second-order valence-electron chi connectivity index (χ2n) is 4.61. The lowest BCUT2D eigenvalue weighted by molar-refractivity contribution is 0.198. The second kappa shape index (κ2) is 9.08. The molecule has 21 heavy (non-hydrogen) atoms. The van der Waals surface area contributed by atoms with Crippen molar-refractivity contribution in [3.8, 4) is 0 Å². The van der Waals surface area contributed by atoms with E-state index in [4.69, 9.17) is 0 Å². The first kappa shape index (κ1) is 18.9. The number of nitrogens with one attached hydrogen (secondary N) is 1. The molecular formula is C14H18BrCl2N3S. The standard InChI is InChI=1S/C14H16BrN3S.2ClH/c15-11-3-4-12(17-10-11)14(13-2-1-9-19-13)18-7-5-16-6-8-18;;/h1-4,9-10,14,16H,5-8H2;2*1H/t14-;;/m0../s1. The van der Waals surface area contributed by atoms with Crippen LogP contribution in [0.15, 0.2) is 40.3 Å². The van der Waals surface area contributed by atoms with Crippen molar-refractivity contribution >= 4 is 52.1 Å². The molecule has 1 aliphatic rings. The largest absolute Gasteiger partial charge is 0.314 e. The zero-order valence-electron chi connectivity index (χ0n) is 11.4. The topological polar surface area (TPSA) is 28.2 Å². The van der Waals surface area contributed by atoms with Crippen molar-refractivity contribution in [1.29, 1.82) is 0 Å². The van der Waals surface area contributed by atoms with E-state index in [9.17, 15) is 0 Å². The van der Waals surface area contributed by atoms with Crippen LogP contribution in [0.5, 0.6) is 0 Å². The molecule has 116 valence electrons. The van der Waals surface area contributed by atoms with E-state index in [0.717, 1.165) is 36.3 Å². The highest BCUT2D eigenvalue weighted by molar-refractivity contribution is 9.10. The molecular weight excluding hydrogens is 393 g/mol. The summed E-state index contributed by atoms with van der Waals surface area (Å²) in [5, 5.41) is 5.55. The first-order valence-electron chi connectivity index (χ1n) is 6.44. The van der Waals surface area contributed by atoms with Crippen molar-refractivity contribution in [3.63, 3.8) is 0 Å². The van der Waals surface area contributed by atoms with Crippen molar-refractivity contribution < 1.29 is 0 Å². The first-order valence-corrected chi connectivity index (χ1v) is 8.11. The van der Waals surface area contributed by atoms with Crippen LogP contribution >= 0.6 is 52.1 Å². The Morgan fingerprint density at radius 3 is 2.52 bits per heavy atom. The molecule has 1 saturated heterocycles. The predicted molar refractivity (Wildman–Crippen MR) is 97.0 cm³/mol. The Morgan fingerprint density at radius 2 is 1.95 bits per heavy atom. The highest BCUT2D eigenvalue weighted by Gasteiger charge is 2.25. The molecule has 0 unspecified atom stereocenters. The van der Waals surface area contributed by atoms with Gasteiger partial charge in [0, 0.05) is 41.7 Å². The lowest BCUT2D eigenvalue weighted by Gasteiger charge is -2.34. The molecule has 0 saturated carbocycles. The molecule has 0 spiro atoms. The maximum atomic E-state index is 4.61. The van der Waals surface area contributed by atoms with E-state index >= 15 is 0 Å². The number of rotatable bonds is 3. The number of hydrogen-bond acceptors (Lipinski definition) is 4. The van der Waals surface area contributed by atoms with Gasteiger partial charge in [-0.1, -0.05) is 6.07 Å². The van der Waals surface area contributed by atoms with E-state index in [1.165, 1.54) is 4.88 Å². The maximum absolute atomic E-state index is 4.61. The fourth-order valence-electron chi connectivity index (χ4n) is 2.45. The molecule has 1 aliphatic heterocycles. The molecule has 3 rings (SSSR count). The molecule has 7 heteroatoms. The average Bonchev–Trinajstić information content (AvgIpc) is 2.96. The molecule has 0 amide bonds. The Kier molecular flexibility index (Phi) is 8.16. The lowest BCUT2D eigenvalue weighted by Crippen LogP contribution is -2.45. The third-order valence-electron chi connectivity index (χ3n) is 3.36. The van der Waals surface area contributed by atoms with Crippen LogP contribution in [0.3, 0.4) is 0 Å². The van der Waals surface area contributed by atoms with Gasteiger partial charge in [0.1, 0.15) is 0 Å². The Bertz CT molecular complexity index is 516. The molecule has 2 aromatic rings. The fourth-order valence-corrected chi connectivity index (χ4v) is 3.55. The number of pyridine rings is 1. The van der Waals surface area contributed by atoms with Gasteiger partial charge in [-0.3, -0.25) is 9.88 Å². The molecule has 1 N–H and O–H groups in total. The summed E-state index contributed by atoms with van der Waals surface area (Å²) < 4.78 is 1.03. The molecule has 1 atom stereocenters. The molecule has 3 heterocycles. The van der Waals surface area contributed by atoms with Gasteiger partial charge in [0.05, 0.1) is 11.7 Å². The summed E-state index contributed by atoms with van der Waals surface area (Å²) >= 11 is 5.27. The molecule has 1 fully saturated rings. The Balaban J connectivity index is 0.00000110. The number of thiophene rings is 1. The Morgan fingerprint density at radius 1 is 1.19 bits per heavy atom. The Labute approximate surface area is 150 Å². The zero-order valence-corrected chi connectivity index (χ0v) is 15.4.